The molecule has 0 unspecified atom stereocenters. The Balaban J connectivity index is 1.93. The molecule has 1 aliphatic rings. The van der Waals surface area contributed by atoms with Crippen molar-refractivity contribution in [2.24, 2.45) is 0 Å². The summed E-state index contributed by atoms with van der Waals surface area (Å²) in [5.74, 6) is 1.91. The average molecular weight is 243 g/mol. The number of ether oxygens (including phenoxy) is 1. The number of hydrogen-bond acceptors (Lipinski definition) is 3. The summed E-state index contributed by atoms with van der Waals surface area (Å²) in [6.07, 6.45) is 5.11. The van der Waals surface area contributed by atoms with Gasteiger partial charge < -0.3 is 14.6 Å². The third-order valence-corrected chi connectivity index (χ3v) is 3.44. The zero-order valence-corrected chi connectivity index (χ0v) is 10.5. The highest BCUT2D eigenvalue weighted by Gasteiger charge is 2.19. The number of hydrogen-bond donors (Lipinski definition) is 1. The minimum absolute atomic E-state index is 0.518. The Morgan fingerprint density at radius 1 is 1.33 bits per heavy atom. The first-order valence-corrected chi connectivity index (χ1v) is 6.26. The fourth-order valence-corrected chi connectivity index (χ4v) is 2.45. The van der Waals surface area contributed by atoms with Gasteiger partial charge in [0.05, 0.1) is 7.11 Å². The SMILES string of the molecule is COc1ccc(-c2nccn2[C@@H]2CCNC2)cc1. The van der Waals surface area contributed by atoms with Gasteiger partial charge in [0.1, 0.15) is 11.6 Å². The summed E-state index contributed by atoms with van der Waals surface area (Å²) >= 11 is 0. The molecule has 2 aromatic rings. The molecule has 0 spiro atoms. The highest BCUT2D eigenvalue weighted by Crippen LogP contribution is 2.25. The largest absolute Gasteiger partial charge is 0.497 e. The molecule has 4 nitrogen and oxygen atoms in total. The fraction of sp³-hybridized carbons (Fsp3) is 0.357. The first-order chi connectivity index (χ1) is 8.88. The van der Waals surface area contributed by atoms with E-state index in [0.29, 0.717) is 6.04 Å². The van der Waals surface area contributed by atoms with Gasteiger partial charge in [0.25, 0.3) is 0 Å². The van der Waals surface area contributed by atoms with Crippen LogP contribution in [0.25, 0.3) is 11.4 Å². The summed E-state index contributed by atoms with van der Waals surface area (Å²) in [4.78, 5) is 4.48. The highest BCUT2D eigenvalue weighted by molar-refractivity contribution is 5.57. The van der Waals surface area contributed by atoms with Crippen molar-refractivity contribution in [3.8, 4) is 17.1 Å². The maximum absolute atomic E-state index is 5.18. The average Bonchev–Trinajstić information content (AvgIpc) is 3.09. The van der Waals surface area contributed by atoms with Gasteiger partial charge in [-0.15, -0.1) is 0 Å². The second-order valence-corrected chi connectivity index (χ2v) is 4.53. The predicted octanol–water partition coefficient (Wildman–Crippen LogP) is 2.09. The maximum atomic E-state index is 5.18. The summed E-state index contributed by atoms with van der Waals surface area (Å²) < 4.78 is 7.45. The van der Waals surface area contributed by atoms with Crippen LogP contribution < -0.4 is 10.1 Å². The summed E-state index contributed by atoms with van der Waals surface area (Å²) in [5, 5.41) is 3.39. The van der Waals surface area contributed by atoms with Gasteiger partial charge in [-0.1, -0.05) is 0 Å². The van der Waals surface area contributed by atoms with E-state index in [2.05, 4.69) is 33.2 Å². The molecule has 1 N–H and O–H groups in total. The van der Waals surface area contributed by atoms with Crippen LogP contribution in [0.5, 0.6) is 5.75 Å². The van der Waals surface area contributed by atoms with Crippen LogP contribution in [-0.4, -0.2) is 29.8 Å². The molecular weight excluding hydrogens is 226 g/mol. The number of nitrogens with zero attached hydrogens (tertiary/aromatic N) is 2. The van der Waals surface area contributed by atoms with Crippen molar-refractivity contribution in [3.63, 3.8) is 0 Å². The molecule has 94 valence electrons. The lowest BCUT2D eigenvalue weighted by Gasteiger charge is -2.14. The fourth-order valence-electron chi connectivity index (χ4n) is 2.45. The van der Waals surface area contributed by atoms with Gasteiger partial charge in [-0.05, 0) is 37.2 Å². The van der Waals surface area contributed by atoms with Crippen LogP contribution in [0.15, 0.2) is 36.7 Å². The summed E-state index contributed by atoms with van der Waals surface area (Å²) in [7, 11) is 1.68. The van der Waals surface area contributed by atoms with Crippen LogP contribution in [0.3, 0.4) is 0 Å². The molecule has 0 aliphatic carbocycles. The molecule has 1 aromatic carbocycles. The van der Waals surface area contributed by atoms with Crippen molar-refractivity contribution in [3.05, 3.63) is 36.7 Å². The zero-order valence-electron chi connectivity index (χ0n) is 10.5. The van der Waals surface area contributed by atoms with Gasteiger partial charge in [0, 0.05) is 30.5 Å². The van der Waals surface area contributed by atoms with E-state index in [4.69, 9.17) is 4.74 Å². The normalized spacial score (nSPS) is 19.1. The molecule has 18 heavy (non-hydrogen) atoms. The van der Waals surface area contributed by atoms with E-state index in [1.54, 1.807) is 7.11 Å². The zero-order chi connectivity index (χ0) is 12.4. The lowest BCUT2D eigenvalue weighted by atomic mass is 10.2. The van der Waals surface area contributed by atoms with Crippen molar-refractivity contribution in [2.75, 3.05) is 20.2 Å². The Morgan fingerprint density at radius 2 is 2.17 bits per heavy atom. The van der Waals surface area contributed by atoms with Crippen LogP contribution in [0, 0.1) is 0 Å². The van der Waals surface area contributed by atoms with Crippen molar-refractivity contribution >= 4 is 0 Å². The standard InChI is InChI=1S/C14H17N3O/c1-18-13-4-2-11(3-5-13)14-16-8-9-17(14)12-6-7-15-10-12/h2-5,8-9,12,15H,6-7,10H2,1H3/t12-/m1/s1. The van der Waals surface area contributed by atoms with Gasteiger partial charge in [-0.25, -0.2) is 4.98 Å². The van der Waals surface area contributed by atoms with E-state index in [9.17, 15) is 0 Å². The maximum Gasteiger partial charge on any atom is 0.140 e. The summed E-state index contributed by atoms with van der Waals surface area (Å²) in [6.45, 7) is 2.12. The highest BCUT2D eigenvalue weighted by atomic mass is 16.5. The third-order valence-electron chi connectivity index (χ3n) is 3.44. The molecule has 1 atom stereocenters. The number of rotatable bonds is 3. The Hall–Kier alpha value is -1.81. The molecule has 0 radical (unpaired) electrons. The second-order valence-electron chi connectivity index (χ2n) is 4.53. The van der Waals surface area contributed by atoms with E-state index < -0.39 is 0 Å². The van der Waals surface area contributed by atoms with Gasteiger partial charge in [-0.2, -0.15) is 0 Å². The monoisotopic (exact) mass is 243 g/mol. The predicted molar refractivity (Wildman–Crippen MR) is 70.7 cm³/mol. The Kier molecular flexibility index (Phi) is 3.02. The quantitative estimate of drug-likeness (QED) is 0.897. The smallest absolute Gasteiger partial charge is 0.140 e. The Labute approximate surface area is 107 Å². The number of benzene rings is 1. The van der Waals surface area contributed by atoms with Crippen molar-refractivity contribution < 1.29 is 4.74 Å². The van der Waals surface area contributed by atoms with Crippen LogP contribution in [-0.2, 0) is 0 Å². The summed E-state index contributed by atoms with van der Waals surface area (Å²) in [6, 6.07) is 8.58. The molecule has 4 heteroatoms. The van der Waals surface area contributed by atoms with E-state index in [-0.39, 0.29) is 0 Å². The lowest BCUT2D eigenvalue weighted by molar-refractivity contribution is 0.415. The topological polar surface area (TPSA) is 39.1 Å². The minimum Gasteiger partial charge on any atom is -0.497 e. The number of nitrogens with one attached hydrogen (secondary N) is 1. The second kappa shape index (κ2) is 4.82. The molecule has 1 saturated heterocycles. The Bertz CT molecular complexity index is 512. The van der Waals surface area contributed by atoms with Gasteiger partial charge in [0.2, 0.25) is 0 Å². The first kappa shape index (κ1) is 11.3. The lowest BCUT2D eigenvalue weighted by Crippen LogP contribution is -2.13. The molecule has 0 saturated carbocycles. The number of methoxy groups -OCH3 is 1. The number of imidazole rings is 1. The molecule has 0 amide bonds. The molecule has 3 rings (SSSR count). The van der Waals surface area contributed by atoms with E-state index in [0.717, 1.165) is 30.2 Å². The third kappa shape index (κ3) is 1.99. The van der Waals surface area contributed by atoms with Crippen molar-refractivity contribution in [2.45, 2.75) is 12.5 Å². The molecular formula is C14H17N3O. The van der Waals surface area contributed by atoms with E-state index in [1.807, 2.05) is 18.3 Å². The van der Waals surface area contributed by atoms with E-state index >= 15 is 0 Å². The van der Waals surface area contributed by atoms with Crippen molar-refractivity contribution in [1.82, 2.24) is 14.9 Å². The number of aromatic nitrogens is 2. The van der Waals surface area contributed by atoms with Gasteiger partial charge >= 0.3 is 0 Å². The molecule has 2 heterocycles. The summed E-state index contributed by atoms with van der Waals surface area (Å²) in [5.41, 5.74) is 1.13. The van der Waals surface area contributed by atoms with Gasteiger partial charge in [-0.3, -0.25) is 0 Å². The molecule has 1 aromatic heterocycles. The van der Waals surface area contributed by atoms with Crippen LogP contribution in [0.4, 0.5) is 0 Å². The van der Waals surface area contributed by atoms with Gasteiger partial charge in [0.15, 0.2) is 0 Å². The van der Waals surface area contributed by atoms with E-state index in [1.165, 1.54) is 6.42 Å². The van der Waals surface area contributed by atoms with Crippen LogP contribution >= 0.6 is 0 Å². The molecule has 1 aliphatic heterocycles. The molecule has 0 bridgehead atoms. The molecule has 1 fully saturated rings. The minimum atomic E-state index is 0.518. The first-order valence-electron chi connectivity index (χ1n) is 6.26. The van der Waals surface area contributed by atoms with Crippen LogP contribution in [0.1, 0.15) is 12.5 Å². The van der Waals surface area contributed by atoms with Crippen LogP contribution in [0.2, 0.25) is 0 Å². The van der Waals surface area contributed by atoms with Crippen molar-refractivity contribution in [1.29, 1.82) is 0 Å². The Morgan fingerprint density at radius 3 is 2.83 bits per heavy atom.